The number of rotatable bonds is 8. The first-order valence-corrected chi connectivity index (χ1v) is 16.5. The molecule has 11 nitrogen and oxygen atoms in total. The molecule has 0 aliphatic carbocycles. The van der Waals surface area contributed by atoms with Crippen LogP contribution < -0.4 is 10.5 Å². The monoisotopic (exact) mass is 651 g/mol. The number of nitrogen functional groups attached to an aromatic ring is 1. The molecular formula is C36H42FN9O2. The van der Waals surface area contributed by atoms with Gasteiger partial charge in [0.25, 0.3) is 5.91 Å². The maximum absolute atomic E-state index is 15.7. The molecule has 0 saturated carbocycles. The van der Waals surface area contributed by atoms with Crippen LogP contribution in [0.15, 0.2) is 66.5 Å². The standard InChI is InChI=1S/C36H42FN9O2/c1-24(2)43-15-17-45(18-16-43)36(3,4)20-25(21-38)35(47)44-14-8-9-26(22-44)46-34-31(33(39)40-23-41-34)32(42-46)29-13-12-28(19-30(29)37)48-27-10-6-5-7-11-27/h5-7,10-13,19-20,23-24,26H,8-9,14-18,22H2,1-4H3,(H2,39,40,41)/t26-/m0/s1. The van der Waals surface area contributed by atoms with E-state index in [9.17, 15) is 10.1 Å². The van der Waals surface area contributed by atoms with Crippen molar-refractivity contribution in [3.8, 4) is 28.8 Å². The Morgan fingerprint density at radius 1 is 1.08 bits per heavy atom. The molecule has 0 spiro atoms. The average Bonchev–Trinajstić information content (AvgIpc) is 3.48. The third kappa shape index (κ3) is 6.74. The molecule has 6 rings (SSSR count). The summed E-state index contributed by atoms with van der Waals surface area (Å²) >= 11 is 0. The van der Waals surface area contributed by atoms with E-state index >= 15 is 4.39 Å². The van der Waals surface area contributed by atoms with Gasteiger partial charge in [-0.25, -0.2) is 19.0 Å². The second-order valence-corrected chi connectivity index (χ2v) is 13.3. The molecule has 2 N–H and O–H groups in total. The van der Waals surface area contributed by atoms with Crippen molar-refractivity contribution in [1.29, 1.82) is 5.26 Å². The second kappa shape index (κ2) is 13.7. The number of ether oxygens (including phenoxy) is 1. The molecule has 250 valence electrons. The number of carbonyl (C=O) groups excluding carboxylic acids is 1. The van der Waals surface area contributed by atoms with Crippen molar-refractivity contribution in [3.05, 3.63) is 72.3 Å². The third-order valence-corrected chi connectivity index (χ3v) is 9.43. The van der Waals surface area contributed by atoms with Gasteiger partial charge in [0, 0.05) is 62.5 Å². The predicted octanol–water partition coefficient (Wildman–Crippen LogP) is 5.42. The molecule has 1 atom stereocenters. The van der Waals surface area contributed by atoms with Gasteiger partial charge in [-0.3, -0.25) is 14.6 Å². The van der Waals surface area contributed by atoms with Crippen molar-refractivity contribution in [2.75, 3.05) is 45.0 Å². The zero-order valence-electron chi connectivity index (χ0n) is 27.9. The Kier molecular flexibility index (Phi) is 9.44. The normalized spacial score (nSPS) is 18.3. The Hall–Kier alpha value is -4.86. The van der Waals surface area contributed by atoms with Crippen LogP contribution in [-0.2, 0) is 4.79 Å². The van der Waals surface area contributed by atoms with Gasteiger partial charge < -0.3 is 15.4 Å². The van der Waals surface area contributed by atoms with Crippen LogP contribution in [0.4, 0.5) is 10.2 Å². The number of para-hydroxylation sites is 1. The number of hydrogen-bond acceptors (Lipinski definition) is 9. The van der Waals surface area contributed by atoms with Crippen molar-refractivity contribution in [1.82, 2.24) is 34.4 Å². The number of likely N-dealkylation sites (tertiary alicyclic amines) is 1. The molecule has 2 aliphatic heterocycles. The van der Waals surface area contributed by atoms with Crippen molar-refractivity contribution >= 4 is 22.8 Å². The highest BCUT2D eigenvalue weighted by Gasteiger charge is 2.34. The first kappa shape index (κ1) is 33.1. The number of piperazine rings is 1. The highest BCUT2D eigenvalue weighted by molar-refractivity contribution is 5.99. The maximum Gasteiger partial charge on any atom is 0.264 e. The Labute approximate surface area is 280 Å². The lowest BCUT2D eigenvalue weighted by Gasteiger charge is -2.44. The van der Waals surface area contributed by atoms with Gasteiger partial charge in [-0.1, -0.05) is 18.2 Å². The summed E-state index contributed by atoms with van der Waals surface area (Å²) in [6.45, 7) is 13.0. The zero-order valence-corrected chi connectivity index (χ0v) is 27.9. The lowest BCUT2D eigenvalue weighted by Crippen LogP contribution is -2.55. The van der Waals surface area contributed by atoms with E-state index in [0.717, 1.165) is 26.2 Å². The van der Waals surface area contributed by atoms with Crippen molar-refractivity contribution in [2.45, 2.75) is 58.2 Å². The van der Waals surface area contributed by atoms with Crippen molar-refractivity contribution in [2.24, 2.45) is 0 Å². The lowest BCUT2D eigenvalue weighted by molar-refractivity contribution is -0.128. The summed E-state index contributed by atoms with van der Waals surface area (Å²) in [5, 5.41) is 15.4. The van der Waals surface area contributed by atoms with E-state index in [0.29, 0.717) is 60.2 Å². The first-order chi connectivity index (χ1) is 23.1. The molecule has 4 heterocycles. The minimum Gasteiger partial charge on any atom is -0.457 e. The van der Waals surface area contributed by atoms with Gasteiger partial charge in [0.2, 0.25) is 0 Å². The minimum atomic E-state index is -0.532. The lowest BCUT2D eigenvalue weighted by atomic mass is 9.96. The van der Waals surface area contributed by atoms with Crippen LogP contribution in [0.2, 0.25) is 0 Å². The molecule has 0 unspecified atom stereocenters. The Bertz CT molecular complexity index is 1860. The molecule has 0 radical (unpaired) electrons. The molecule has 48 heavy (non-hydrogen) atoms. The third-order valence-electron chi connectivity index (χ3n) is 9.43. The molecule has 1 amide bonds. The second-order valence-electron chi connectivity index (χ2n) is 13.3. The number of hydrogen-bond donors (Lipinski definition) is 1. The fourth-order valence-corrected chi connectivity index (χ4v) is 6.72. The summed E-state index contributed by atoms with van der Waals surface area (Å²) in [6, 6.07) is 16.2. The number of aromatic nitrogens is 4. The fraction of sp³-hybridized carbons (Fsp3) is 0.417. The van der Waals surface area contributed by atoms with Gasteiger partial charge in [-0.2, -0.15) is 10.4 Å². The Balaban J connectivity index is 1.25. The molecule has 12 heteroatoms. The summed E-state index contributed by atoms with van der Waals surface area (Å²) in [5.41, 5.74) is 6.99. The molecule has 2 aromatic heterocycles. The van der Waals surface area contributed by atoms with Crippen LogP contribution >= 0.6 is 0 Å². The van der Waals surface area contributed by atoms with E-state index in [4.69, 9.17) is 15.6 Å². The van der Waals surface area contributed by atoms with Gasteiger partial charge in [0.05, 0.1) is 11.4 Å². The van der Waals surface area contributed by atoms with Gasteiger partial charge in [-0.15, -0.1) is 0 Å². The van der Waals surface area contributed by atoms with Crippen molar-refractivity contribution < 1.29 is 13.9 Å². The first-order valence-electron chi connectivity index (χ1n) is 16.5. The summed E-state index contributed by atoms with van der Waals surface area (Å²) in [7, 11) is 0. The summed E-state index contributed by atoms with van der Waals surface area (Å²) < 4.78 is 23.2. The summed E-state index contributed by atoms with van der Waals surface area (Å²) in [6.07, 6.45) is 4.59. The number of fused-ring (bicyclic) bond motifs is 1. The van der Waals surface area contributed by atoms with E-state index in [-0.39, 0.29) is 28.9 Å². The average molecular weight is 652 g/mol. The molecule has 2 fully saturated rings. The zero-order chi connectivity index (χ0) is 34.0. The van der Waals surface area contributed by atoms with Crippen LogP contribution in [0.25, 0.3) is 22.3 Å². The van der Waals surface area contributed by atoms with E-state index in [1.807, 2.05) is 24.3 Å². The highest BCUT2D eigenvalue weighted by atomic mass is 19.1. The van der Waals surface area contributed by atoms with Crippen LogP contribution in [0.1, 0.15) is 46.6 Å². The number of nitrogens with zero attached hydrogens (tertiary/aromatic N) is 8. The molecule has 2 aliphatic rings. The van der Waals surface area contributed by atoms with Gasteiger partial charge in [-0.05, 0) is 70.9 Å². The number of carbonyl (C=O) groups is 1. The number of halogens is 1. The smallest absolute Gasteiger partial charge is 0.264 e. The van der Waals surface area contributed by atoms with Crippen LogP contribution in [0.3, 0.4) is 0 Å². The van der Waals surface area contributed by atoms with Gasteiger partial charge in [0.1, 0.15) is 46.8 Å². The molecule has 2 saturated heterocycles. The van der Waals surface area contributed by atoms with E-state index in [2.05, 4.69) is 53.5 Å². The Morgan fingerprint density at radius 3 is 2.52 bits per heavy atom. The topological polar surface area (TPSA) is 129 Å². The summed E-state index contributed by atoms with van der Waals surface area (Å²) in [5.74, 6) is 0.285. The molecule has 0 bridgehead atoms. The number of benzene rings is 2. The quantitative estimate of drug-likeness (QED) is 0.196. The Morgan fingerprint density at radius 2 is 1.83 bits per heavy atom. The van der Waals surface area contributed by atoms with Crippen molar-refractivity contribution in [3.63, 3.8) is 0 Å². The fourth-order valence-electron chi connectivity index (χ4n) is 6.72. The van der Waals surface area contributed by atoms with Crippen LogP contribution in [-0.4, -0.2) is 91.2 Å². The molecule has 2 aromatic carbocycles. The predicted molar refractivity (Wildman–Crippen MR) is 183 cm³/mol. The number of nitriles is 1. The number of anilines is 1. The molecular weight excluding hydrogens is 609 g/mol. The van der Waals surface area contributed by atoms with Gasteiger partial charge in [0.15, 0.2) is 5.65 Å². The number of piperidine rings is 1. The largest absolute Gasteiger partial charge is 0.457 e. The van der Waals surface area contributed by atoms with Crippen LogP contribution in [0.5, 0.6) is 11.5 Å². The molecule has 4 aromatic rings. The van der Waals surface area contributed by atoms with E-state index < -0.39 is 11.4 Å². The minimum absolute atomic E-state index is 0.129. The highest BCUT2D eigenvalue weighted by Crippen LogP contribution is 2.36. The number of nitrogens with two attached hydrogens (primary N) is 1. The SMILES string of the molecule is CC(C)N1CCN(C(C)(C)C=C(C#N)C(=O)N2CCC[C@H](n3nc(-c4ccc(Oc5ccccc5)cc4F)c4c(N)ncnc43)C2)CC1. The van der Waals surface area contributed by atoms with E-state index in [1.54, 1.807) is 33.8 Å². The summed E-state index contributed by atoms with van der Waals surface area (Å²) in [4.78, 5) is 29.0. The maximum atomic E-state index is 15.7. The number of amides is 1. The van der Waals surface area contributed by atoms with E-state index in [1.165, 1.54) is 12.4 Å². The van der Waals surface area contributed by atoms with Crippen LogP contribution in [0, 0.1) is 17.1 Å². The van der Waals surface area contributed by atoms with Gasteiger partial charge >= 0.3 is 0 Å².